The van der Waals surface area contributed by atoms with Crippen molar-refractivity contribution < 1.29 is 22.3 Å². The van der Waals surface area contributed by atoms with E-state index in [1.165, 1.54) is 19.3 Å². The summed E-state index contributed by atoms with van der Waals surface area (Å²) < 4.78 is 31.6. The molecular weight excluding hydrogens is 220 g/mol. The summed E-state index contributed by atoms with van der Waals surface area (Å²) in [4.78, 5) is 10.4. The van der Waals surface area contributed by atoms with E-state index in [2.05, 4.69) is 6.92 Å². The molecule has 0 rings (SSSR count). The average Bonchev–Trinajstić information content (AvgIpc) is 2.00. The van der Waals surface area contributed by atoms with Gasteiger partial charge in [-0.25, -0.2) is 0 Å². The molecule has 90 valence electrons. The third kappa shape index (κ3) is 42.8. The Morgan fingerprint density at radius 3 is 2.07 bits per heavy atom. The van der Waals surface area contributed by atoms with Crippen LogP contribution in [-0.2, 0) is 15.2 Å². The lowest BCUT2D eigenvalue weighted by Gasteiger charge is -1.89. The molecule has 0 aromatic carbocycles. The van der Waals surface area contributed by atoms with E-state index in [-0.39, 0.29) is 5.78 Å². The number of hydrogen-bond acceptors (Lipinski definition) is 3. The van der Waals surface area contributed by atoms with Crippen molar-refractivity contribution in [2.24, 2.45) is 0 Å². The van der Waals surface area contributed by atoms with Crippen LogP contribution in [0.5, 0.6) is 0 Å². The molecule has 0 aliphatic heterocycles. The third-order valence-corrected chi connectivity index (χ3v) is 1.33. The van der Waals surface area contributed by atoms with Crippen molar-refractivity contribution in [3.8, 4) is 0 Å². The lowest BCUT2D eigenvalue weighted by Crippen LogP contribution is -1.89. The molecule has 0 aromatic rings. The van der Waals surface area contributed by atoms with E-state index >= 15 is 0 Å². The Balaban J connectivity index is 0. The molecule has 6 heteroatoms. The predicted molar refractivity (Wildman–Crippen MR) is 58.1 cm³/mol. The average molecular weight is 238 g/mol. The van der Waals surface area contributed by atoms with E-state index in [9.17, 15) is 4.79 Å². The molecule has 0 saturated heterocycles. The predicted octanol–water partition coefficient (Wildman–Crippen LogP) is 2.06. The number of carbonyl (C=O) groups is 1. The number of ketones is 1. The van der Waals surface area contributed by atoms with Gasteiger partial charge in [-0.2, -0.15) is 8.42 Å². The van der Waals surface area contributed by atoms with Crippen molar-refractivity contribution in [2.75, 3.05) is 0 Å². The van der Waals surface area contributed by atoms with E-state index in [0.29, 0.717) is 0 Å². The van der Waals surface area contributed by atoms with Crippen LogP contribution in [0.25, 0.3) is 0 Å². The maximum Gasteiger partial charge on any atom is 0.394 e. The van der Waals surface area contributed by atoms with Crippen LogP contribution in [0, 0.1) is 0 Å². The number of rotatable bonds is 5. The minimum absolute atomic E-state index is 0.150. The Labute approximate surface area is 90.8 Å². The summed E-state index contributed by atoms with van der Waals surface area (Å²) in [6.07, 6.45) is 8.37. The second-order valence-corrected chi connectivity index (χ2v) is 3.85. The van der Waals surface area contributed by atoms with Crippen molar-refractivity contribution in [2.45, 2.75) is 39.5 Å². The van der Waals surface area contributed by atoms with Gasteiger partial charge in [0.05, 0.1) is 0 Å². The summed E-state index contributed by atoms with van der Waals surface area (Å²) in [5.41, 5.74) is 0. The summed E-state index contributed by atoms with van der Waals surface area (Å²) in [6, 6.07) is 0. The molecular formula is C9H18O5S. The standard InChI is InChI=1S/C9H16O.H2O4S/c1-3-4-5-6-7-8-9(2)10;1-5(2,3)4/h7-8H,3-6H2,1-2H3;(H2,1,2,3,4). The fraction of sp³-hybridized carbons (Fsp3) is 0.667. The Bertz CT molecular complexity index is 271. The molecule has 0 heterocycles. The van der Waals surface area contributed by atoms with Gasteiger partial charge in [-0.05, 0) is 25.8 Å². The number of unbranched alkanes of at least 4 members (excludes halogenated alkanes) is 3. The summed E-state index contributed by atoms with van der Waals surface area (Å²) >= 11 is 0. The SMILES string of the molecule is CCCCCC=CC(C)=O.O=S(=O)(O)O. The maximum absolute atomic E-state index is 10.4. The number of hydrogen-bond donors (Lipinski definition) is 2. The highest BCUT2D eigenvalue weighted by molar-refractivity contribution is 7.79. The molecule has 2 N–H and O–H groups in total. The quantitative estimate of drug-likeness (QED) is 0.434. The molecule has 0 unspecified atom stereocenters. The molecule has 0 radical (unpaired) electrons. The molecule has 5 nitrogen and oxygen atoms in total. The first-order valence-corrected chi connectivity index (χ1v) is 6.04. The second kappa shape index (κ2) is 9.82. The zero-order valence-electron chi connectivity index (χ0n) is 9.01. The topological polar surface area (TPSA) is 91.7 Å². The van der Waals surface area contributed by atoms with Gasteiger partial charge in [0.2, 0.25) is 0 Å². The van der Waals surface area contributed by atoms with Crippen molar-refractivity contribution >= 4 is 16.2 Å². The summed E-state index contributed by atoms with van der Waals surface area (Å²) in [7, 11) is -4.67. The molecule has 15 heavy (non-hydrogen) atoms. The van der Waals surface area contributed by atoms with Gasteiger partial charge in [-0.15, -0.1) is 0 Å². The minimum Gasteiger partial charge on any atom is -0.295 e. The van der Waals surface area contributed by atoms with Crippen molar-refractivity contribution in [1.29, 1.82) is 0 Å². The van der Waals surface area contributed by atoms with Gasteiger partial charge in [0.1, 0.15) is 0 Å². The number of allylic oxidation sites excluding steroid dienone is 2. The Morgan fingerprint density at radius 1 is 1.27 bits per heavy atom. The smallest absolute Gasteiger partial charge is 0.295 e. The van der Waals surface area contributed by atoms with Gasteiger partial charge in [0, 0.05) is 0 Å². The Hall–Kier alpha value is -0.720. The van der Waals surface area contributed by atoms with E-state index in [4.69, 9.17) is 17.5 Å². The molecule has 0 saturated carbocycles. The van der Waals surface area contributed by atoms with E-state index in [1.807, 2.05) is 6.08 Å². The van der Waals surface area contributed by atoms with Crippen molar-refractivity contribution in [1.82, 2.24) is 0 Å². The van der Waals surface area contributed by atoms with E-state index in [0.717, 1.165) is 6.42 Å². The molecule has 0 fully saturated rings. The fourth-order valence-electron chi connectivity index (χ4n) is 0.761. The van der Waals surface area contributed by atoms with Crippen LogP contribution in [0.15, 0.2) is 12.2 Å². The van der Waals surface area contributed by atoms with Gasteiger partial charge >= 0.3 is 10.4 Å². The van der Waals surface area contributed by atoms with Crippen LogP contribution >= 0.6 is 0 Å². The minimum atomic E-state index is -4.67. The van der Waals surface area contributed by atoms with Gasteiger partial charge in [-0.3, -0.25) is 13.9 Å². The Morgan fingerprint density at radius 2 is 1.73 bits per heavy atom. The van der Waals surface area contributed by atoms with Crippen LogP contribution in [0.1, 0.15) is 39.5 Å². The van der Waals surface area contributed by atoms with Gasteiger partial charge < -0.3 is 0 Å². The highest BCUT2D eigenvalue weighted by Crippen LogP contribution is 1.99. The van der Waals surface area contributed by atoms with Crippen LogP contribution in [-0.4, -0.2) is 23.3 Å². The van der Waals surface area contributed by atoms with Crippen LogP contribution < -0.4 is 0 Å². The third-order valence-electron chi connectivity index (χ3n) is 1.33. The molecule has 0 aliphatic rings. The van der Waals surface area contributed by atoms with E-state index in [1.54, 1.807) is 13.0 Å². The summed E-state index contributed by atoms with van der Waals surface area (Å²) in [5, 5.41) is 0. The van der Waals surface area contributed by atoms with E-state index < -0.39 is 10.4 Å². The fourth-order valence-corrected chi connectivity index (χ4v) is 0.761. The van der Waals surface area contributed by atoms with Crippen LogP contribution in [0.2, 0.25) is 0 Å². The van der Waals surface area contributed by atoms with Crippen molar-refractivity contribution in [3.63, 3.8) is 0 Å². The first-order chi connectivity index (χ1) is 6.77. The van der Waals surface area contributed by atoms with Gasteiger partial charge in [0.25, 0.3) is 0 Å². The molecule has 0 aromatic heterocycles. The summed E-state index contributed by atoms with van der Waals surface area (Å²) in [5.74, 6) is 0.150. The maximum atomic E-state index is 10.4. The first kappa shape index (κ1) is 16.7. The lowest BCUT2D eigenvalue weighted by molar-refractivity contribution is -0.112. The lowest BCUT2D eigenvalue weighted by atomic mass is 10.2. The molecule has 0 amide bonds. The number of carbonyl (C=O) groups excluding carboxylic acids is 1. The highest BCUT2D eigenvalue weighted by Gasteiger charge is 1.84. The largest absolute Gasteiger partial charge is 0.394 e. The molecule has 0 aliphatic carbocycles. The zero-order chi connectivity index (χ0) is 12.3. The van der Waals surface area contributed by atoms with Crippen LogP contribution in [0.4, 0.5) is 0 Å². The Kier molecular flexibility index (Phi) is 10.9. The molecule has 0 bridgehead atoms. The zero-order valence-corrected chi connectivity index (χ0v) is 9.83. The van der Waals surface area contributed by atoms with Gasteiger partial charge in [-0.1, -0.05) is 25.8 Å². The van der Waals surface area contributed by atoms with Gasteiger partial charge in [0.15, 0.2) is 5.78 Å². The molecule has 0 spiro atoms. The highest BCUT2D eigenvalue weighted by atomic mass is 32.3. The second-order valence-electron chi connectivity index (χ2n) is 2.96. The monoisotopic (exact) mass is 238 g/mol. The molecule has 0 atom stereocenters. The normalized spacial score (nSPS) is 10.9. The van der Waals surface area contributed by atoms with Crippen LogP contribution in [0.3, 0.4) is 0 Å². The first-order valence-electron chi connectivity index (χ1n) is 4.64. The summed E-state index contributed by atoms with van der Waals surface area (Å²) in [6.45, 7) is 3.75. The van der Waals surface area contributed by atoms with Crippen molar-refractivity contribution in [3.05, 3.63) is 12.2 Å².